The van der Waals surface area contributed by atoms with E-state index >= 15 is 0 Å². The lowest BCUT2D eigenvalue weighted by Crippen LogP contribution is -2.58. The first-order valence-electron chi connectivity index (χ1n) is 6.79. The summed E-state index contributed by atoms with van der Waals surface area (Å²) < 4.78 is 0. The Balaban J connectivity index is 2.10. The molecule has 2 aromatic carbocycles. The molecular weight excluding hydrogens is 252 g/mol. The highest BCUT2D eigenvalue weighted by molar-refractivity contribution is 6.11. The standard InChI is InChI=1S/C16H16N2O2/c1-2-13-16(20)18(10-15(19)17-13)14-9-5-7-11-6-3-4-8-12(11)14/h3-9,13H,2,10H2,1H3,(H,17,19). The van der Waals surface area contributed by atoms with Gasteiger partial charge in [0.1, 0.15) is 12.6 Å². The van der Waals surface area contributed by atoms with Crippen LogP contribution in [0.4, 0.5) is 5.69 Å². The number of carbonyl (C=O) groups is 2. The molecule has 0 aliphatic carbocycles. The van der Waals surface area contributed by atoms with Crippen LogP contribution in [0.15, 0.2) is 42.5 Å². The first-order chi connectivity index (χ1) is 9.70. The van der Waals surface area contributed by atoms with Crippen molar-refractivity contribution in [3.05, 3.63) is 42.5 Å². The third kappa shape index (κ3) is 2.03. The first kappa shape index (κ1) is 12.7. The second kappa shape index (κ2) is 4.96. The molecule has 1 unspecified atom stereocenters. The van der Waals surface area contributed by atoms with Crippen molar-refractivity contribution in [3.63, 3.8) is 0 Å². The van der Waals surface area contributed by atoms with E-state index in [9.17, 15) is 9.59 Å². The monoisotopic (exact) mass is 268 g/mol. The van der Waals surface area contributed by atoms with Gasteiger partial charge >= 0.3 is 0 Å². The zero-order valence-electron chi connectivity index (χ0n) is 11.3. The zero-order chi connectivity index (χ0) is 14.1. The predicted molar refractivity (Wildman–Crippen MR) is 78.5 cm³/mol. The SMILES string of the molecule is CCC1NC(=O)CN(c2cccc3ccccc23)C1=O. The number of carbonyl (C=O) groups excluding carboxylic acids is 2. The molecular formula is C16H16N2O2. The molecule has 1 saturated heterocycles. The lowest BCUT2D eigenvalue weighted by molar-refractivity contribution is -0.131. The van der Waals surface area contributed by atoms with Crippen LogP contribution in [0.1, 0.15) is 13.3 Å². The number of nitrogens with one attached hydrogen (secondary N) is 1. The van der Waals surface area contributed by atoms with Gasteiger partial charge in [-0.1, -0.05) is 43.3 Å². The van der Waals surface area contributed by atoms with Gasteiger partial charge in [0, 0.05) is 5.39 Å². The van der Waals surface area contributed by atoms with Crippen LogP contribution in [0.25, 0.3) is 10.8 Å². The molecule has 2 amide bonds. The fourth-order valence-corrected chi connectivity index (χ4v) is 2.64. The molecule has 102 valence electrons. The highest BCUT2D eigenvalue weighted by Gasteiger charge is 2.32. The molecule has 0 spiro atoms. The molecule has 0 radical (unpaired) electrons. The van der Waals surface area contributed by atoms with Gasteiger partial charge in [-0.25, -0.2) is 0 Å². The number of hydrogen-bond donors (Lipinski definition) is 1. The lowest BCUT2D eigenvalue weighted by Gasteiger charge is -2.32. The molecule has 0 saturated carbocycles. The Kier molecular flexibility index (Phi) is 3.14. The molecule has 1 aliphatic rings. The van der Waals surface area contributed by atoms with Gasteiger partial charge < -0.3 is 10.2 Å². The lowest BCUT2D eigenvalue weighted by atomic mass is 10.1. The first-order valence-corrected chi connectivity index (χ1v) is 6.79. The molecule has 2 aromatic rings. The number of hydrogen-bond acceptors (Lipinski definition) is 2. The molecule has 4 heteroatoms. The van der Waals surface area contributed by atoms with Crippen LogP contribution in [-0.2, 0) is 9.59 Å². The summed E-state index contributed by atoms with van der Waals surface area (Å²) in [5.41, 5.74) is 0.807. The Hall–Kier alpha value is -2.36. The van der Waals surface area contributed by atoms with Crippen LogP contribution in [0.2, 0.25) is 0 Å². The van der Waals surface area contributed by atoms with E-state index in [1.54, 1.807) is 4.90 Å². The molecule has 1 aliphatic heterocycles. The Labute approximate surface area is 117 Å². The highest BCUT2D eigenvalue weighted by Crippen LogP contribution is 2.28. The van der Waals surface area contributed by atoms with Crippen LogP contribution in [0.3, 0.4) is 0 Å². The normalized spacial score (nSPS) is 19.2. The zero-order valence-corrected chi connectivity index (χ0v) is 11.3. The molecule has 1 heterocycles. The van der Waals surface area contributed by atoms with Gasteiger partial charge in [0.2, 0.25) is 11.8 Å². The Bertz CT molecular complexity index is 676. The second-order valence-electron chi connectivity index (χ2n) is 4.95. The minimum absolute atomic E-state index is 0.0385. The van der Waals surface area contributed by atoms with Gasteiger partial charge in [-0.2, -0.15) is 0 Å². The van der Waals surface area contributed by atoms with Crippen molar-refractivity contribution >= 4 is 28.3 Å². The molecule has 0 bridgehead atoms. The van der Waals surface area contributed by atoms with E-state index in [-0.39, 0.29) is 18.4 Å². The number of amides is 2. The quantitative estimate of drug-likeness (QED) is 0.906. The Morgan fingerprint density at radius 3 is 2.70 bits per heavy atom. The fourth-order valence-electron chi connectivity index (χ4n) is 2.64. The van der Waals surface area contributed by atoms with Crippen molar-refractivity contribution in [3.8, 4) is 0 Å². The predicted octanol–water partition coefficient (Wildman–Crippen LogP) is 2.08. The van der Waals surface area contributed by atoms with Crippen LogP contribution in [0.5, 0.6) is 0 Å². The second-order valence-corrected chi connectivity index (χ2v) is 4.95. The smallest absolute Gasteiger partial charge is 0.250 e. The minimum Gasteiger partial charge on any atom is -0.343 e. The van der Waals surface area contributed by atoms with Crippen LogP contribution in [-0.4, -0.2) is 24.4 Å². The molecule has 1 atom stereocenters. The number of piperazine rings is 1. The van der Waals surface area contributed by atoms with Crippen molar-refractivity contribution in [1.82, 2.24) is 5.32 Å². The maximum absolute atomic E-state index is 12.5. The maximum atomic E-state index is 12.5. The largest absolute Gasteiger partial charge is 0.343 e. The summed E-state index contributed by atoms with van der Waals surface area (Å²) in [5.74, 6) is -0.146. The average molecular weight is 268 g/mol. The molecule has 20 heavy (non-hydrogen) atoms. The minimum atomic E-state index is -0.421. The summed E-state index contributed by atoms with van der Waals surface area (Å²) in [6, 6.07) is 13.3. The molecule has 1 fully saturated rings. The van der Waals surface area contributed by atoms with Crippen molar-refractivity contribution in [2.24, 2.45) is 0 Å². The van der Waals surface area contributed by atoms with E-state index in [1.807, 2.05) is 49.4 Å². The van der Waals surface area contributed by atoms with E-state index in [2.05, 4.69) is 5.32 Å². The number of anilines is 1. The van der Waals surface area contributed by atoms with E-state index in [0.29, 0.717) is 6.42 Å². The van der Waals surface area contributed by atoms with E-state index in [1.165, 1.54) is 0 Å². The molecule has 4 nitrogen and oxygen atoms in total. The van der Waals surface area contributed by atoms with Gasteiger partial charge in [-0.15, -0.1) is 0 Å². The number of nitrogens with zero attached hydrogens (tertiary/aromatic N) is 1. The van der Waals surface area contributed by atoms with Gasteiger partial charge in [0.15, 0.2) is 0 Å². The Morgan fingerprint density at radius 1 is 1.15 bits per heavy atom. The fraction of sp³-hybridized carbons (Fsp3) is 0.250. The summed E-state index contributed by atoms with van der Waals surface area (Å²) in [7, 11) is 0. The number of rotatable bonds is 2. The van der Waals surface area contributed by atoms with Gasteiger partial charge in [0.25, 0.3) is 0 Å². The van der Waals surface area contributed by atoms with E-state index < -0.39 is 6.04 Å². The maximum Gasteiger partial charge on any atom is 0.250 e. The van der Waals surface area contributed by atoms with E-state index in [0.717, 1.165) is 16.5 Å². The summed E-state index contributed by atoms with van der Waals surface area (Å²) in [6.45, 7) is 1.98. The molecule has 3 rings (SSSR count). The van der Waals surface area contributed by atoms with Gasteiger partial charge in [-0.05, 0) is 17.9 Å². The number of fused-ring (bicyclic) bond motifs is 1. The summed E-state index contributed by atoms with van der Waals surface area (Å²) in [4.78, 5) is 25.8. The molecule has 0 aromatic heterocycles. The number of benzene rings is 2. The van der Waals surface area contributed by atoms with Crippen LogP contribution < -0.4 is 10.2 Å². The van der Waals surface area contributed by atoms with Crippen molar-refractivity contribution in [2.45, 2.75) is 19.4 Å². The van der Waals surface area contributed by atoms with Crippen molar-refractivity contribution in [2.75, 3.05) is 11.4 Å². The van der Waals surface area contributed by atoms with Gasteiger partial charge in [-0.3, -0.25) is 9.59 Å². The summed E-state index contributed by atoms with van der Waals surface area (Å²) >= 11 is 0. The van der Waals surface area contributed by atoms with E-state index in [4.69, 9.17) is 0 Å². The van der Waals surface area contributed by atoms with Crippen LogP contribution in [0, 0.1) is 0 Å². The topological polar surface area (TPSA) is 49.4 Å². The average Bonchev–Trinajstić information content (AvgIpc) is 2.48. The Morgan fingerprint density at radius 2 is 1.90 bits per heavy atom. The third-order valence-corrected chi connectivity index (χ3v) is 3.67. The highest BCUT2D eigenvalue weighted by atomic mass is 16.2. The van der Waals surface area contributed by atoms with Crippen molar-refractivity contribution < 1.29 is 9.59 Å². The van der Waals surface area contributed by atoms with Gasteiger partial charge in [0.05, 0.1) is 5.69 Å². The van der Waals surface area contributed by atoms with Crippen molar-refractivity contribution in [1.29, 1.82) is 0 Å². The summed E-state index contributed by atoms with van der Waals surface area (Å²) in [6.07, 6.45) is 0.603. The third-order valence-electron chi connectivity index (χ3n) is 3.67. The van der Waals surface area contributed by atoms with Crippen LogP contribution >= 0.6 is 0 Å². The summed E-state index contributed by atoms with van der Waals surface area (Å²) in [5, 5.41) is 4.79. The molecule has 1 N–H and O–H groups in total.